The average Bonchev–Trinajstić information content (AvgIpc) is 2.46. The highest BCUT2D eigenvalue weighted by Gasteiger charge is 2.18. The first-order valence-electron chi connectivity index (χ1n) is 5.27. The Balaban J connectivity index is 1.49. The highest BCUT2D eigenvalue weighted by atomic mass is 16.5. The molecule has 0 aromatic heterocycles. The summed E-state index contributed by atoms with van der Waals surface area (Å²) in [6.45, 7) is 3.52. The fraction of sp³-hybridized carbons (Fsp3) is 1.00. The molecule has 0 aromatic rings. The number of hydrogen-bond acceptors (Lipinski definition) is 2. The van der Waals surface area contributed by atoms with Gasteiger partial charge in [0.15, 0.2) is 0 Å². The van der Waals surface area contributed by atoms with E-state index in [1.54, 1.807) is 0 Å². The lowest BCUT2D eigenvalue weighted by atomic mass is 9.95. The van der Waals surface area contributed by atoms with Gasteiger partial charge in [0.25, 0.3) is 0 Å². The Bertz CT molecular complexity index is 128. The van der Waals surface area contributed by atoms with E-state index in [1.165, 1.54) is 45.2 Å². The molecule has 2 fully saturated rings. The zero-order chi connectivity index (χ0) is 8.23. The first-order chi connectivity index (χ1) is 5.95. The smallest absolute Gasteiger partial charge is 0.0576 e. The van der Waals surface area contributed by atoms with Crippen LogP contribution in [-0.2, 0) is 4.74 Å². The van der Waals surface area contributed by atoms with Gasteiger partial charge in [-0.05, 0) is 44.7 Å². The van der Waals surface area contributed by atoms with E-state index in [4.69, 9.17) is 4.74 Å². The van der Waals surface area contributed by atoms with Crippen molar-refractivity contribution in [1.82, 2.24) is 5.32 Å². The first kappa shape index (κ1) is 8.52. The number of hydrogen-bond donors (Lipinski definition) is 1. The summed E-state index contributed by atoms with van der Waals surface area (Å²) in [5.74, 6) is 0.978. The maximum Gasteiger partial charge on any atom is 0.0576 e. The molecule has 12 heavy (non-hydrogen) atoms. The Morgan fingerprint density at radius 3 is 2.75 bits per heavy atom. The Kier molecular flexibility index (Phi) is 3.01. The van der Waals surface area contributed by atoms with E-state index in [2.05, 4.69) is 5.32 Å². The topological polar surface area (TPSA) is 21.3 Å². The standard InChI is InChI=1S/C10H19NO/c1(3-9-7-11-8-9)4-10-5-2-6-12-10/h9-11H,1-8H2. The predicted molar refractivity (Wildman–Crippen MR) is 49.2 cm³/mol. The Labute approximate surface area is 74.7 Å². The van der Waals surface area contributed by atoms with Crippen LogP contribution in [0.4, 0.5) is 0 Å². The highest BCUT2D eigenvalue weighted by Crippen LogP contribution is 2.20. The third-order valence-corrected chi connectivity index (χ3v) is 3.03. The number of rotatable bonds is 4. The first-order valence-corrected chi connectivity index (χ1v) is 5.27. The summed E-state index contributed by atoms with van der Waals surface area (Å²) in [6.07, 6.45) is 7.29. The van der Waals surface area contributed by atoms with Crippen molar-refractivity contribution in [3.8, 4) is 0 Å². The lowest BCUT2D eigenvalue weighted by Crippen LogP contribution is -2.41. The molecule has 2 heteroatoms. The molecule has 0 saturated carbocycles. The molecule has 1 N–H and O–H groups in total. The second-order valence-corrected chi connectivity index (χ2v) is 4.09. The minimum Gasteiger partial charge on any atom is -0.378 e. The van der Waals surface area contributed by atoms with Gasteiger partial charge >= 0.3 is 0 Å². The monoisotopic (exact) mass is 169 g/mol. The minimum atomic E-state index is 0.609. The molecule has 2 saturated heterocycles. The minimum absolute atomic E-state index is 0.609. The van der Waals surface area contributed by atoms with Gasteiger partial charge in [-0.25, -0.2) is 0 Å². The van der Waals surface area contributed by atoms with Crippen LogP contribution in [0, 0.1) is 5.92 Å². The predicted octanol–water partition coefficient (Wildman–Crippen LogP) is 1.56. The summed E-state index contributed by atoms with van der Waals surface area (Å²) >= 11 is 0. The molecule has 2 nitrogen and oxygen atoms in total. The highest BCUT2D eigenvalue weighted by molar-refractivity contribution is 4.75. The Morgan fingerprint density at radius 2 is 2.17 bits per heavy atom. The van der Waals surface area contributed by atoms with Gasteiger partial charge in [0.05, 0.1) is 6.10 Å². The maximum atomic E-state index is 5.57. The van der Waals surface area contributed by atoms with Crippen LogP contribution in [0.3, 0.4) is 0 Å². The summed E-state index contributed by atoms with van der Waals surface area (Å²) in [4.78, 5) is 0. The Hall–Kier alpha value is -0.0800. The average molecular weight is 169 g/mol. The van der Waals surface area contributed by atoms with Crippen LogP contribution in [0.2, 0.25) is 0 Å². The zero-order valence-electron chi connectivity index (χ0n) is 7.72. The Morgan fingerprint density at radius 1 is 1.25 bits per heavy atom. The molecule has 2 heterocycles. The van der Waals surface area contributed by atoms with E-state index in [9.17, 15) is 0 Å². The van der Waals surface area contributed by atoms with Crippen molar-refractivity contribution in [2.45, 2.75) is 38.2 Å². The van der Waals surface area contributed by atoms with Gasteiger partial charge in [-0.15, -0.1) is 0 Å². The zero-order valence-corrected chi connectivity index (χ0v) is 7.72. The van der Waals surface area contributed by atoms with Crippen LogP contribution < -0.4 is 5.32 Å². The summed E-state index contributed by atoms with van der Waals surface area (Å²) in [5, 5.41) is 3.31. The van der Waals surface area contributed by atoms with Crippen molar-refractivity contribution >= 4 is 0 Å². The van der Waals surface area contributed by atoms with Gasteiger partial charge in [0.1, 0.15) is 0 Å². The molecule has 0 amide bonds. The summed E-state index contributed by atoms with van der Waals surface area (Å²) < 4.78 is 5.57. The second-order valence-electron chi connectivity index (χ2n) is 4.09. The van der Waals surface area contributed by atoms with Crippen LogP contribution >= 0.6 is 0 Å². The lowest BCUT2D eigenvalue weighted by molar-refractivity contribution is 0.0997. The molecular formula is C10H19NO. The molecule has 0 aromatic carbocycles. The van der Waals surface area contributed by atoms with Crippen LogP contribution in [0.1, 0.15) is 32.1 Å². The fourth-order valence-corrected chi connectivity index (χ4v) is 2.06. The molecule has 0 radical (unpaired) electrons. The van der Waals surface area contributed by atoms with Crippen molar-refractivity contribution < 1.29 is 4.74 Å². The maximum absolute atomic E-state index is 5.57. The molecule has 2 aliphatic heterocycles. The molecule has 70 valence electrons. The van der Waals surface area contributed by atoms with Crippen molar-refractivity contribution in [3.63, 3.8) is 0 Å². The molecule has 2 rings (SSSR count). The van der Waals surface area contributed by atoms with Crippen molar-refractivity contribution in [3.05, 3.63) is 0 Å². The molecular weight excluding hydrogens is 150 g/mol. The van der Waals surface area contributed by atoms with Gasteiger partial charge in [-0.2, -0.15) is 0 Å². The van der Waals surface area contributed by atoms with Crippen LogP contribution in [0.15, 0.2) is 0 Å². The molecule has 0 bridgehead atoms. The van der Waals surface area contributed by atoms with Crippen LogP contribution in [-0.4, -0.2) is 25.8 Å². The largest absolute Gasteiger partial charge is 0.378 e. The van der Waals surface area contributed by atoms with E-state index >= 15 is 0 Å². The normalized spacial score (nSPS) is 30.5. The number of ether oxygens (including phenoxy) is 1. The van der Waals surface area contributed by atoms with E-state index in [-0.39, 0.29) is 0 Å². The lowest BCUT2D eigenvalue weighted by Gasteiger charge is -2.27. The second kappa shape index (κ2) is 4.24. The molecule has 1 unspecified atom stereocenters. The fourth-order valence-electron chi connectivity index (χ4n) is 2.06. The summed E-state index contributed by atoms with van der Waals surface area (Å²) in [7, 11) is 0. The van der Waals surface area contributed by atoms with Crippen molar-refractivity contribution in [2.24, 2.45) is 5.92 Å². The SMILES string of the molecule is C1COC(CCCC2CNC2)C1. The van der Waals surface area contributed by atoms with Crippen molar-refractivity contribution in [2.75, 3.05) is 19.7 Å². The van der Waals surface area contributed by atoms with Gasteiger partial charge < -0.3 is 10.1 Å². The third-order valence-electron chi connectivity index (χ3n) is 3.03. The molecule has 0 aliphatic carbocycles. The molecule has 2 aliphatic rings. The van der Waals surface area contributed by atoms with Gasteiger partial charge in [-0.1, -0.05) is 6.42 Å². The van der Waals surface area contributed by atoms with Crippen molar-refractivity contribution in [1.29, 1.82) is 0 Å². The van der Waals surface area contributed by atoms with Gasteiger partial charge in [-0.3, -0.25) is 0 Å². The van der Waals surface area contributed by atoms with Gasteiger partial charge in [0, 0.05) is 6.61 Å². The van der Waals surface area contributed by atoms with E-state index < -0.39 is 0 Å². The van der Waals surface area contributed by atoms with E-state index in [1.807, 2.05) is 0 Å². The van der Waals surface area contributed by atoms with E-state index in [0.717, 1.165) is 12.5 Å². The summed E-state index contributed by atoms with van der Waals surface area (Å²) in [6, 6.07) is 0. The quantitative estimate of drug-likeness (QED) is 0.689. The molecule has 1 atom stereocenters. The summed E-state index contributed by atoms with van der Waals surface area (Å²) in [5.41, 5.74) is 0. The van der Waals surface area contributed by atoms with Crippen LogP contribution in [0.5, 0.6) is 0 Å². The van der Waals surface area contributed by atoms with Gasteiger partial charge in [0.2, 0.25) is 0 Å². The van der Waals surface area contributed by atoms with E-state index in [0.29, 0.717) is 6.10 Å². The van der Waals surface area contributed by atoms with Crippen LogP contribution in [0.25, 0.3) is 0 Å². The third kappa shape index (κ3) is 2.20. The molecule has 0 spiro atoms. The number of nitrogens with one attached hydrogen (secondary N) is 1.